The summed E-state index contributed by atoms with van der Waals surface area (Å²) in [6, 6.07) is 0.609. The minimum atomic E-state index is 0.315. The highest BCUT2D eigenvalue weighted by Crippen LogP contribution is 2.44. The molecule has 4 rings (SSSR count). The van der Waals surface area contributed by atoms with Crippen molar-refractivity contribution in [2.45, 2.75) is 57.4 Å². The second kappa shape index (κ2) is 5.80. The predicted molar refractivity (Wildman–Crippen MR) is 87.6 cm³/mol. The van der Waals surface area contributed by atoms with Crippen molar-refractivity contribution in [3.05, 3.63) is 11.7 Å². The summed E-state index contributed by atoms with van der Waals surface area (Å²) < 4.78 is 5.35. The maximum absolute atomic E-state index is 5.68. The molecule has 22 heavy (non-hydrogen) atoms. The lowest BCUT2D eigenvalue weighted by Gasteiger charge is -2.35. The van der Waals surface area contributed by atoms with Crippen LogP contribution in [0.2, 0.25) is 0 Å². The molecule has 4 atom stereocenters. The number of nitrogens with one attached hydrogen (secondary N) is 1. The van der Waals surface area contributed by atoms with Gasteiger partial charge in [0, 0.05) is 19.1 Å². The van der Waals surface area contributed by atoms with E-state index in [0.29, 0.717) is 12.0 Å². The Balaban J connectivity index is 1.36. The summed E-state index contributed by atoms with van der Waals surface area (Å²) in [5.74, 6) is 3.59. The SMILES string of the molecule is Cc1noc([C@H]2CCCN(C(=S)N[C@@H]3C[C@H]4CC[C@H]3C4)C2)n1. The van der Waals surface area contributed by atoms with E-state index in [0.717, 1.165) is 54.6 Å². The third-order valence-corrected chi connectivity index (χ3v) is 6.02. The van der Waals surface area contributed by atoms with E-state index in [9.17, 15) is 0 Å². The van der Waals surface area contributed by atoms with Crippen LogP contribution in [-0.4, -0.2) is 39.3 Å². The standard InChI is InChI=1S/C16H24N4OS/c1-10-17-15(21-19-10)13-3-2-6-20(9-13)16(22)18-14-8-11-4-5-12(14)7-11/h11-14H,2-9H2,1H3,(H,18,22)/t11-,12-,13-,14+/m0/s1. The molecular weight excluding hydrogens is 296 g/mol. The zero-order chi connectivity index (χ0) is 15.1. The number of likely N-dealkylation sites (tertiary alicyclic amines) is 1. The second-order valence-electron chi connectivity index (χ2n) is 7.20. The lowest BCUT2D eigenvalue weighted by molar-refractivity contribution is 0.253. The first-order valence-corrected chi connectivity index (χ1v) is 8.95. The fourth-order valence-corrected chi connectivity index (χ4v) is 4.83. The second-order valence-corrected chi connectivity index (χ2v) is 7.58. The van der Waals surface area contributed by atoms with Gasteiger partial charge in [0.1, 0.15) is 0 Å². The first kappa shape index (κ1) is 14.4. The van der Waals surface area contributed by atoms with Crippen molar-refractivity contribution in [3.8, 4) is 0 Å². The quantitative estimate of drug-likeness (QED) is 0.846. The van der Waals surface area contributed by atoms with E-state index >= 15 is 0 Å². The van der Waals surface area contributed by atoms with E-state index in [1.165, 1.54) is 25.7 Å². The van der Waals surface area contributed by atoms with Gasteiger partial charge in [-0.2, -0.15) is 4.98 Å². The van der Waals surface area contributed by atoms with E-state index in [1.54, 1.807) is 0 Å². The minimum absolute atomic E-state index is 0.315. The van der Waals surface area contributed by atoms with Crippen LogP contribution in [0.5, 0.6) is 0 Å². The molecule has 0 unspecified atom stereocenters. The van der Waals surface area contributed by atoms with Crippen LogP contribution in [0.15, 0.2) is 4.52 Å². The summed E-state index contributed by atoms with van der Waals surface area (Å²) in [5, 5.41) is 8.49. The Kier molecular flexibility index (Phi) is 3.80. The first-order valence-electron chi connectivity index (χ1n) is 8.54. The summed E-state index contributed by atoms with van der Waals surface area (Å²) in [5.41, 5.74) is 0. The Labute approximate surface area is 136 Å². The summed E-state index contributed by atoms with van der Waals surface area (Å²) in [6.45, 7) is 3.81. The largest absolute Gasteiger partial charge is 0.360 e. The van der Waals surface area contributed by atoms with Gasteiger partial charge < -0.3 is 14.7 Å². The Morgan fingerprint density at radius 2 is 2.23 bits per heavy atom. The zero-order valence-electron chi connectivity index (χ0n) is 13.1. The molecule has 1 aliphatic heterocycles. The smallest absolute Gasteiger partial charge is 0.231 e. The summed E-state index contributed by atoms with van der Waals surface area (Å²) in [7, 11) is 0. The monoisotopic (exact) mass is 320 g/mol. The molecule has 3 fully saturated rings. The van der Waals surface area contributed by atoms with Gasteiger partial charge in [-0.15, -0.1) is 0 Å². The number of fused-ring (bicyclic) bond motifs is 2. The van der Waals surface area contributed by atoms with Gasteiger partial charge in [0.05, 0.1) is 5.92 Å². The topological polar surface area (TPSA) is 54.2 Å². The fourth-order valence-electron chi connectivity index (χ4n) is 4.51. The molecule has 0 spiro atoms. The molecule has 0 aromatic carbocycles. The van der Waals surface area contributed by atoms with Gasteiger partial charge >= 0.3 is 0 Å². The van der Waals surface area contributed by atoms with Crippen LogP contribution in [-0.2, 0) is 0 Å². The highest BCUT2D eigenvalue weighted by molar-refractivity contribution is 7.80. The molecule has 2 bridgehead atoms. The lowest BCUT2D eigenvalue weighted by Crippen LogP contribution is -2.49. The van der Waals surface area contributed by atoms with Gasteiger partial charge in [-0.3, -0.25) is 0 Å². The van der Waals surface area contributed by atoms with Crippen molar-refractivity contribution in [2.75, 3.05) is 13.1 Å². The number of aryl methyl sites for hydroxylation is 1. The maximum atomic E-state index is 5.68. The number of rotatable bonds is 2. The predicted octanol–water partition coefficient (Wildman–Crippen LogP) is 2.62. The normalized spacial score (nSPS) is 34.1. The van der Waals surface area contributed by atoms with Crippen molar-refractivity contribution in [2.24, 2.45) is 11.8 Å². The van der Waals surface area contributed by atoms with E-state index < -0.39 is 0 Å². The Hall–Kier alpha value is -1.17. The molecule has 0 amide bonds. The van der Waals surface area contributed by atoms with Gasteiger partial charge in [-0.1, -0.05) is 11.6 Å². The molecule has 1 aromatic heterocycles. The average molecular weight is 320 g/mol. The molecule has 0 radical (unpaired) electrons. The van der Waals surface area contributed by atoms with Gasteiger partial charge in [0.25, 0.3) is 0 Å². The van der Waals surface area contributed by atoms with Crippen molar-refractivity contribution in [1.82, 2.24) is 20.4 Å². The van der Waals surface area contributed by atoms with Crippen LogP contribution < -0.4 is 5.32 Å². The minimum Gasteiger partial charge on any atom is -0.360 e. The van der Waals surface area contributed by atoms with Crippen LogP contribution >= 0.6 is 12.2 Å². The van der Waals surface area contributed by atoms with E-state index in [4.69, 9.17) is 16.7 Å². The van der Waals surface area contributed by atoms with Gasteiger partial charge in [-0.25, -0.2) is 0 Å². The number of piperidine rings is 1. The third-order valence-electron chi connectivity index (χ3n) is 5.65. The molecule has 2 saturated carbocycles. The van der Waals surface area contributed by atoms with Crippen LogP contribution in [0.25, 0.3) is 0 Å². The molecule has 5 nitrogen and oxygen atoms in total. The molecule has 2 aliphatic carbocycles. The van der Waals surface area contributed by atoms with E-state index in [-0.39, 0.29) is 0 Å². The summed E-state index contributed by atoms with van der Waals surface area (Å²) in [4.78, 5) is 6.70. The Bertz CT molecular complexity index is 560. The molecule has 1 aromatic rings. The Morgan fingerprint density at radius 1 is 1.32 bits per heavy atom. The summed E-state index contributed by atoms with van der Waals surface area (Å²) >= 11 is 5.68. The molecule has 2 heterocycles. The molecule has 1 N–H and O–H groups in total. The molecule has 1 saturated heterocycles. The number of nitrogens with zero attached hydrogens (tertiary/aromatic N) is 3. The molecular formula is C16H24N4OS. The van der Waals surface area contributed by atoms with Gasteiger partial charge in [0.2, 0.25) is 5.89 Å². The van der Waals surface area contributed by atoms with E-state index in [2.05, 4.69) is 20.4 Å². The molecule has 120 valence electrons. The van der Waals surface area contributed by atoms with E-state index in [1.807, 2.05) is 6.92 Å². The first-order chi connectivity index (χ1) is 10.7. The van der Waals surface area contributed by atoms with Crippen LogP contribution in [0.3, 0.4) is 0 Å². The number of hydrogen-bond acceptors (Lipinski definition) is 4. The summed E-state index contributed by atoms with van der Waals surface area (Å²) in [6.07, 6.45) is 7.77. The van der Waals surface area contributed by atoms with Crippen molar-refractivity contribution in [1.29, 1.82) is 0 Å². The highest BCUT2D eigenvalue weighted by Gasteiger charge is 2.40. The van der Waals surface area contributed by atoms with Crippen molar-refractivity contribution in [3.63, 3.8) is 0 Å². The zero-order valence-corrected chi connectivity index (χ0v) is 13.9. The third kappa shape index (κ3) is 2.73. The number of thiocarbonyl (C=S) groups is 1. The van der Waals surface area contributed by atoms with Crippen molar-refractivity contribution < 1.29 is 4.52 Å². The molecule has 6 heteroatoms. The molecule has 3 aliphatic rings. The van der Waals surface area contributed by atoms with Gasteiger partial charge in [0.15, 0.2) is 10.9 Å². The fraction of sp³-hybridized carbons (Fsp3) is 0.812. The van der Waals surface area contributed by atoms with Crippen LogP contribution in [0.1, 0.15) is 56.2 Å². The lowest BCUT2D eigenvalue weighted by atomic mass is 9.95. The number of aromatic nitrogens is 2. The maximum Gasteiger partial charge on any atom is 0.231 e. The van der Waals surface area contributed by atoms with Gasteiger partial charge in [-0.05, 0) is 63.1 Å². The Morgan fingerprint density at radius 3 is 2.91 bits per heavy atom. The average Bonchev–Trinajstić information content (AvgIpc) is 3.24. The van der Waals surface area contributed by atoms with Crippen LogP contribution in [0, 0.1) is 18.8 Å². The highest BCUT2D eigenvalue weighted by atomic mass is 32.1. The number of hydrogen-bond donors (Lipinski definition) is 1. The van der Waals surface area contributed by atoms with Crippen molar-refractivity contribution >= 4 is 17.3 Å². The van der Waals surface area contributed by atoms with Crippen LogP contribution in [0.4, 0.5) is 0 Å².